The quantitative estimate of drug-likeness (QED) is 0.796. The van der Waals surface area contributed by atoms with Crippen LogP contribution in [-0.4, -0.2) is 23.5 Å². The minimum absolute atomic E-state index is 0.591. The number of hydrogen-bond acceptors (Lipinski definition) is 2. The maximum absolute atomic E-state index is 5.50. The molecule has 3 heteroatoms. The van der Waals surface area contributed by atoms with Crippen molar-refractivity contribution in [1.29, 1.82) is 0 Å². The number of rotatable bonds is 5. The molecule has 1 aromatic rings. The van der Waals surface area contributed by atoms with Crippen LogP contribution in [0.4, 0.5) is 0 Å². The number of nitrogens with two attached hydrogens (primary N) is 1. The van der Waals surface area contributed by atoms with Gasteiger partial charge in [-0.05, 0) is 37.6 Å². The van der Waals surface area contributed by atoms with E-state index < -0.39 is 0 Å². The SMILES string of the molecule is Cc1cccc(C)c1CN(C)CCC(N)=S. The minimum atomic E-state index is 0.591. The van der Waals surface area contributed by atoms with Gasteiger partial charge in [0.15, 0.2) is 0 Å². The minimum Gasteiger partial charge on any atom is -0.393 e. The highest BCUT2D eigenvalue weighted by molar-refractivity contribution is 7.80. The largest absolute Gasteiger partial charge is 0.393 e. The van der Waals surface area contributed by atoms with Gasteiger partial charge in [-0.15, -0.1) is 0 Å². The molecule has 2 N–H and O–H groups in total. The first-order valence-corrected chi connectivity index (χ1v) is 5.93. The zero-order valence-corrected chi connectivity index (χ0v) is 11.1. The fourth-order valence-corrected chi connectivity index (χ4v) is 1.84. The molecular formula is C13H20N2S. The van der Waals surface area contributed by atoms with Crippen LogP contribution >= 0.6 is 12.2 Å². The molecule has 0 bridgehead atoms. The fourth-order valence-electron chi connectivity index (χ4n) is 1.75. The zero-order valence-electron chi connectivity index (χ0n) is 10.3. The third-order valence-corrected chi connectivity index (χ3v) is 3.02. The molecule has 0 fully saturated rings. The Balaban J connectivity index is 2.62. The van der Waals surface area contributed by atoms with Crippen molar-refractivity contribution in [2.75, 3.05) is 13.6 Å². The van der Waals surface area contributed by atoms with Crippen molar-refractivity contribution in [3.05, 3.63) is 34.9 Å². The lowest BCUT2D eigenvalue weighted by molar-refractivity contribution is 0.336. The van der Waals surface area contributed by atoms with E-state index in [0.717, 1.165) is 19.5 Å². The van der Waals surface area contributed by atoms with E-state index in [1.165, 1.54) is 16.7 Å². The molecule has 0 atom stereocenters. The lowest BCUT2D eigenvalue weighted by Gasteiger charge is -2.19. The summed E-state index contributed by atoms with van der Waals surface area (Å²) in [4.78, 5) is 2.85. The van der Waals surface area contributed by atoms with Crippen molar-refractivity contribution in [2.45, 2.75) is 26.8 Å². The Bertz CT molecular complexity index is 354. The van der Waals surface area contributed by atoms with E-state index in [0.29, 0.717) is 4.99 Å². The van der Waals surface area contributed by atoms with Crippen LogP contribution in [0.1, 0.15) is 23.1 Å². The predicted octanol–water partition coefficient (Wildman–Crippen LogP) is 2.41. The molecule has 0 aliphatic carbocycles. The van der Waals surface area contributed by atoms with Gasteiger partial charge in [0.05, 0.1) is 4.99 Å². The Morgan fingerprint density at radius 2 is 1.88 bits per heavy atom. The van der Waals surface area contributed by atoms with Crippen molar-refractivity contribution >= 4 is 17.2 Å². The standard InChI is InChI=1S/C13H20N2S/c1-10-5-4-6-11(2)12(10)9-15(3)8-7-13(14)16/h4-6H,7-9H2,1-3H3,(H2,14,16). The molecule has 16 heavy (non-hydrogen) atoms. The highest BCUT2D eigenvalue weighted by Gasteiger charge is 2.05. The maximum Gasteiger partial charge on any atom is 0.0740 e. The summed E-state index contributed by atoms with van der Waals surface area (Å²) in [7, 11) is 2.10. The Hall–Kier alpha value is -0.930. The summed E-state index contributed by atoms with van der Waals surface area (Å²) in [5.74, 6) is 0. The summed E-state index contributed by atoms with van der Waals surface area (Å²) in [6, 6.07) is 6.41. The summed E-state index contributed by atoms with van der Waals surface area (Å²) in [5, 5.41) is 0. The lowest BCUT2D eigenvalue weighted by atomic mass is 10.0. The van der Waals surface area contributed by atoms with Crippen LogP contribution in [0.3, 0.4) is 0 Å². The van der Waals surface area contributed by atoms with Gasteiger partial charge in [-0.3, -0.25) is 0 Å². The number of hydrogen-bond donors (Lipinski definition) is 1. The molecule has 0 saturated carbocycles. The van der Waals surface area contributed by atoms with Gasteiger partial charge in [0, 0.05) is 19.5 Å². The molecule has 0 radical (unpaired) electrons. The Morgan fingerprint density at radius 3 is 2.38 bits per heavy atom. The first kappa shape index (κ1) is 13.1. The van der Waals surface area contributed by atoms with Gasteiger partial charge in [-0.25, -0.2) is 0 Å². The van der Waals surface area contributed by atoms with E-state index in [1.54, 1.807) is 0 Å². The third-order valence-electron chi connectivity index (χ3n) is 2.81. The first-order valence-electron chi connectivity index (χ1n) is 5.52. The number of aryl methyl sites for hydroxylation is 2. The molecule has 1 aromatic carbocycles. The van der Waals surface area contributed by atoms with E-state index in [2.05, 4.69) is 44.0 Å². The smallest absolute Gasteiger partial charge is 0.0740 e. The van der Waals surface area contributed by atoms with Gasteiger partial charge < -0.3 is 10.6 Å². The van der Waals surface area contributed by atoms with Crippen molar-refractivity contribution < 1.29 is 0 Å². The van der Waals surface area contributed by atoms with Gasteiger partial charge >= 0.3 is 0 Å². The molecule has 2 nitrogen and oxygen atoms in total. The van der Waals surface area contributed by atoms with Gasteiger partial charge in [0.25, 0.3) is 0 Å². The molecule has 0 saturated heterocycles. The van der Waals surface area contributed by atoms with Crippen LogP contribution in [-0.2, 0) is 6.54 Å². The molecule has 0 aliphatic rings. The molecule has 0 aromatic heterocycles. The van der Waals surface area contributed by atoms with Gasteiger partial charge in [0.2, 0.25) is 0 Å². The van der Waals surface area contributed by atoms with Crippen molar-refractivity contribution in [2.24, 2.45) is 5.73 Å². The number of benzene rings is 1. The second kappa shape index (κ2) is 5.97. The topological polar surface area (TPSA) is 29.3 Å². The van der Waals surface area contributed by atoms with Crippen LogP contribution in [0.25, 0.3) is 0 Å². The van der Waals surface area contributed by atoms with Crippen LogP contribution in [0.2, 0.25) is 0 Å². The van der Waals surface area contributed by atoms with E-state index in [4.69, 9.17) is 18.0 Å². The number of thiocarbonyl (C=S) groups is 1. The molecule has 0 unspecified atom stereocenters. The molecule has 0 aliphatic heterocycles. The molecule has 1 rings (SSSR count). The Morgan fingerprint density at radius 1 is 1.31 bits per heavy atom. The second-order valence-corrected chi connectivity index (χ2v) is 4.85. The molecule has 0 heterocycles. The average Bonchev–Trinajstić information content (AvgIpc) is 2.21. The van der Waals surface area contributed by atoms with Crippen LogP contribution < -0.4 is 5.73 Å². The summed E-state index contributed by atoms with van der Waals surface area (Å²) in [5.41, 5.74) is 9.61. The molecule has 0 spiro atoms. The van der Waals surface area contributed by atoms with Crippen LogP contribution in [0, 0.1) is 13.8 Å². The van der Waals surface area contributed by atoms with Gasteiger partial charge in [-0.2, -0.15) is 0 Å². The van der Waals surface area contributed by atoms with Crippen molar-refractivity contribution in [1.82, 2.24) is 4.90 Å². The summed E-state index contributed by atoms with van der Waals surface area (Å²) >= 11 is 4.88. The second-order valence-electron chi connectivity index (χ2n) is 4.32. The predicted molar refractivity (Wildman–Crippen MR) is 73.7 cm³/mol. The van der Waals surface area contributed by atoms with Gasteiger partial charge in [-0.1, -0.05) is 30.4 Å². The lowest BCUT2D eigenvalue weighted by Crippen LogP contribution is -2.24. The Kier molecular flexibility index (Phi) is 4.90. The fraction of sp³-hybridized carbons (Fsp3) is 0.462. The summed E-state index contributed by atoms with van der Waals surface area (Å²) in [6.45, 7) is 6.19. The van der Waals surface area contributed by atoms with Crippen LogP contribution in [0.5, 0.6) is 0 Å². The normalized spacial score (nSPS) is 10.8. The van der Waals surface area contributed by atoms with E-state index >= 15 is 0 Å². The highest BCUT2D eigenvalue weighted by Crippen LogP contribution is 2.15. The zero-order chi connectivity index (χ0) is 12.1. The van der Waals surface area contributed by atoms with Crippen LogP contribution in [0.15, 0.2) is 18.2 Å². The van der Waals surface area contributed by atoms with E-state index in [-0.39, 0.29) is 0 Å². The van der Waals surface area contributed by atoms with E-state index in [1.807, 2.05) is 0 Å². The maximum atomic E-state index is 5.50. The van der Waals surface area contributed by atoms with Crippen molar-refractivity contribution in [3.8, 4) is 0 Å². The monoisotopic (exact) mass is 236 g/mol. The summed E-state index contributed by atoms with van der Waals surface area (Å²) in [6.07, 6.45) is 0.788. The van der Waals surface area contributed by atoms with E-state index in [9.17, 15) is 0 Å². The third kappa shape index (κ3) is 3.91. The Labute approximate surface area is 103 Å². The molecule has 88 valence electrons. The molecule has 0 amide bonds. The average molecular weight is 236 g/mol. The van der Waals surface area contributed by atoms with Crippen molar-refractivity contribution in [3.63, 3.8) is 0 Å². The number of nitrogens with zero attached hydrogens (tertiary/aromatic N) is 1. The summed E-state index contributed by atoms with van der Waals surface area (Å²) < 4.78 is 0. The molecular weight excluding hydrogens is 216 g/mol. The first-order chi connectivity index (χ1) is 7.50. The van der Waals surface area contributed by atoms with Gasteiger partial charge in [0.1, 0.15) is 0 Å². The highest BCUT2D eigenvalue weighted by atomic mass is 32.1.